The molecule has 2 amide bonds. The van der Waals surface area contributed by atoms with Gasteiger partial charge < -0.3 is 5.32 Å². The zero-order valence-corrected chi connectivity index (χ0v) is 15.1. The highest BCUT2D eigenvalue weighted by Crippen LogP contribution is 2.31. The normalized spacial score (nSPS) is 17.1. The molecule has 26 heavy (non-hydrogen) atoms. The first-order valence-electron chi connectivity index (χ1n) is 8.02. The van der Waals surface area contributed by atoms with Gasteiger partial charge in [-0.25, -0.2) is 4.39 Å². The molecule has 2 heterocycles. The minimum absolute atomic E-state index is 0.0607. The molecule has 3 aromatic rings. The topological polar surface area (TPSA) is 78.1 Å². The Bertz CT molecular complexity index is 1000. The number of halogens is 2. The fraction of sp³-hybridized carbons (Fsp3) is 0.167. The summed E-state index contributed by atoms with van der Waals surface area (Å²) in [6.07, 6.45) is 0.0607. The molecule has 8 heteroatoms. The smallest absolute Gasteiger partial charge is 0.229 e. The molecule has 132 valence electrons. The van der Waals surface area contributed by atoms with E-state index in [0.717, 1.165) is 4.47 Å². The Kier molecular flexibility index (Phi) is 4.20. The monoisotopic (exact) mass is 416 g/mol. The lowest BCUT2D eigenvalue weighted by molar-refractivity contribution is -0.122. The first-order chi connectivity index (χ1) is 12.5. The summed E-state index contributed by atoms with van der Waals surface area (Å²) < 4.78 is 15.1. The van der Waals surface area contributed by atoms with E-state index in [2.05, 4.69) is 31.4 Å². The van der Waals surface area contributed by atoms with Crippen molar-refractivity contribution in [3.63, 3.8) is 0 Å². The van der Waals surface area contributed by atoms with Crippen LogP contribution in [0.5, 0.6) is 0 Å². The minimum atomic E-state index is -0.523. The number of carbonyl (C=O) groups is 2. The minimum Gasteiger partial charge on any atom is -0.326 e. The Labute approximate surface area is 156 Å². The van der Waals surface area contributed by atoms with Crippen molar-refractivity contribution in [3.8, 4) is 0 Å². The fourth-order valence-electron chi connectivity index (χ4n) is 3.07. The Morgan fingerprint density at radius 1 is 1.27 bits per heavy atom. The van der Waals surface area contributed by atoms with Crippen LogP contribution < -0.4 is 10.2 Å². The van der Waals surface area contributed by atoms with E-state index < -0.39 is 11.7 Å². The summed E-state index contributed by atoms with van der Waals surface area (Å²) in [6.45, 7) is 0.162. The van der Waals surface area contributed by atoms with Crippen molar-refractivity contribution >= 4 is 50.2 Å². The molecule has 1 fully saturated rings. The van der Waals surface area contributed by atoms with Crippen LogP contribution in [0.1, 0.15) is 6.42 Å². The maximum absolute atomic E-state index is 14.2. The first-order valence-corrected chi connectivity index (χ1v) is 8.81. The van der Waals surface area contributed by atoms with Crippen molar-refractivity contribution in [3.05, 3.63) is 52.8 Å². The largest absolute Gasteiger partial charge is 0.326 e. The van der Waals surface area contributed by atoms with Crippen molar-refractivity contribution in [1.82, 2.24) is 10.2 Å². The van der Waals surface area contributed by atoms with Gasteiger partial charge in [0, 0.05) is 23.1 Å². The van der Waals surface area contributed by atoms with Gasteiger partial charge in [-0.3, -0.25) is 19.6 Å². The Morgan fingerprint density at radius 3 is 2.81 bits per heavy atom. The molecule has 1 aliphatic heterocycles. The van der Waals surface area contributed by atoms with Gasteiger partial charge in [-0.2, -0.15) is 5.10 Å². The molecule has 0 radical (unpaired) electrons. The highest BCUT2D eigenvalue weighted by Gasteiger charge is 2.37. The van der Waals surface area contributed by atoms with Crippen LogP contribution in [0.3, 0.4) is 0 Å². The van der Waals surface area contributed by atoms with E-state index in [1.807, 2.05) is 12.1 Å². The number of fused-ring (bicyclic) bond motifs is 1. The first kappa shape index (κ1) is 16.7. The van der Waals surface area contributed by atoms with Gasteiger partial charge in [0.25, 0.3) is 0 Å². The molecule has 0 aliphatic carbocycles. The number of hydrogen-bond donors (Lipinski definition) is 2. The zero-order chi connectivity index (χ0) is 18.3. The highest BCUT2D eigenvalue weighted by atomic mass is 79.9. The molecule has 2 N–H and O–H groups in total. The van der Waals surface area contributed by atoms with Crippen LogP contribution in [0, 0.1) is 11.7 Å². The third-order valence-corrected chi connectivity index (χ3v) is 4.91. The summed E-state index contributed by atoms with van der Waals surface area (Å²) in [6, 6.07) is 11.8. The van der Waals surface area contributed by atoms with E-state index in [1.54, 1.807) is 24.3 Å². The number of amides is 2. The van der Waals surface area contributed by atoms with Crippen molar-refractivity contribution in [1.29, 1.82) is 0 Å². The van der Waals surface area contributed by atoms with Crippen LogP contribution in [-0.2, 0) is 9.59 Å². The van der Waals surface area contributed by atoms with Crippen molar-refractivity contribution in [2.75, 3.05) is 16.8 Å². The number of benzene rings is 2. The number of H-pyrrole nitrogens is 1. The second kappa shape index (κ2) is 6.53. The predicted octanol–water partition coefficient (Wildman–Crippen LogP) is 3.46. The number of nitrogens with zero attached hydrogens (tertiary/aromatic N) is 2. The molecular weight excluding hydrogens is 403 g/mol. The van der Waals surface area contributed by atoms with Gasteiger partial charge in [0.05, 0.1) is 16.8 Å². The standard InChI is InChI=1S/C18H14BrFN4O2/c19-11-4-6-12(7-5-11)21-18(26)10-8-15(25)24(9-10)17-16-13(20)2-1-3-14(16)22-23-17/h1-7,10H,8-9H2,(H,21,26)(H,22,23)/t10-/m0/s1. The van der Waals surface area contributed by atoms with E-state index in [9.17, 15) is 14.0 Å². The van der Waals surface area contributed by atoms with E-state index in [0.29, 0.717) is 11.2 Å². The van der Waals surface area contributed by atoms with Crippen molar-refractivity contribution in [2.45, 2.75) is 6.42 Å². The molecule has 0 spiro atoms. The Hall–Kier alpha value is -2.74. The van der Waals surface area contributed by atoms with E-state index in [1.165, 1.54) is 11.0 Å². The molecule has 1 saturated heterocycles. The highest BCUT2D eigenvalue weighted by molar-refractivity contribution is 9.10. The summed E-state index contributed by atoms with van der Waals surface area (Å²) in [4.78, 5) is 26.3. The number of nitrogens with one attached hydrogen (secondary N) is 2. The van der Waals surface area contributed by atoms with Crippen LogP contribution in [-0.4, -0.2) is 28.6 Å². The quantitative estimate of drug-likeness (QED) is 0.686. The van der Waals surface area contributed by atoms with Gasteiger partial charge in [0.2, 0.25) is 11.8 Å². The summed E-state index contributed by atoms with van der Waals surface area (Å²) in [7, 11) is 0. The van der Waals surface area contributed by atoms with Gasteiger partial charge in [-0.05, 0) is 36.4 Å². The van der Waals surface area contributed by atoms with Crippen molar-refractivity contribution < 1.29 is 14.0 Å². The molecule has 0 bridgehead atoms. The molecule has 0 unspecified atom stereocenters. The third-order valence-electron chi connectivity index (χ3n) is 4.38. The molecular formula is C18H14BrFN4O2. The number of carbonyl (C=O) groups excluding carboxylic acids is 2. The number of aromatic nitrogens is 2. The average Bonchev–Trinajstić information content (AvgIpc) is 3.21. The average molecular weight is 417 g/mol. The maximum Gasteiger partial charge on any atom is 0.229 e. The molecule has 1 atom stereocenters. The van der Waals surface area contributed by atoms with Crippen LogP contribution in [0.15, 0.2) is 46.9 Å². The number of hydrogen-bond acceptors (Lipinski definition) is 3. The predicted molar refractivity (Wildman–Crippen MR) is 99.3 cm³/mol. The van der Waals surface area contributed by atoms with E-state index >= 15 is 0 Å². The molecule has 1 aromatic heterocycles. The second-order valence-electron chi connectivity index (χ2n) is 6.11. The zero-order valence-electron chi connectivity index (χ0n) is 13.5. The van der Waals surface area contributed by atoms with Crippen LogP contribution in [0.2, 0.25) is 0 Å². The third kappa shape index (κ3) is 2.96. The lowest BCUT2D eigenvalue weighted by Gasteiger charge is -2.14. The SMILES string of the molecule is O=C(Nc1ccc(Br)cc1)[C@H]1CC(=O)N(c2n[nH]c3cccc(F)c23)C1. The van der Waals surface area contributed by atoms with Gasteiger partial charge in [-0.1, -0.05) is 22.0 Å². The molecule has 4 rings (SSSR count). The lowest BCUT2D eigenvalue weighted by atomic mass is 10.1. The Balaban J connectivity index is 1.54. The summed E-state index contributed by atoms with van der Waals surface area (Å²) in [5.74, 6) is -1.25. The summed E-state index contributed by atoms with van der Waals surface area (Å²) in [5, 5.41) is 9.87. The summed E-state index contributed by atoms with van der Waals surface area (Å²) in [5.41, 5.74) is 1.16. The number of aromatic amines is 1. The molecule has 1 aliphatic rings. The van der Waals surface area contributed by atoms with Crippen LogP contribution in [0.25, 0.3) is 10.9 Å². The lowest BCUT2D eigenvalue weighted by Crippen LogP contribution is -2.28. The molecule has 0 saturated carbocycles. The van der Waals surface area contributed by atoms with Crippen molar-refractivity contribution in [2.24, 2.45) is 5.92 Å². The number of anilines is 2. The summed E-state index contributed by atoms with van der Waals surface area (Å²) >= 11 is 3.34. The van der Waals surface area contributed by atoms with Gasteiger partial charge in [0.1, 0.15) is 5.82 Å². The van der Waals surface area contributed by atoms with Gasteiger partial charge in [0.15, 0.2) is 5.82 Å². The van der Waals surface area contributed by atoms with E-state index in [-0.39, 0.29) is 36.0 Å². The van der Waals surface area contributed by atoms with Crippen LogP contribution >= 0.6 is 15.9 Å². The van der Waals surface area contributed by atoms with E-state index in [4.69, 9.17) is 0 Å². The number of rotatable bonds is 3. The van der Waals surface area contributed by atoms with Gasteiger partial charge in [-0.15, -0.1) is 0 Å². The molecule has 6 nitrogen and oxygen atoms in total. The van der Waals surface area contributed by atoms with Crippen LogP contribution in [0.4, 0.5) is 15.9 Å². The fourth-order valence-corrected chi connectivity index (χ4v) is 3.34. The van der Waals surface area contributed by atoms with Gasteiger partial charge >= 0.3 is 0 Å². The maximum atomic E-state index is 14.2. The molecule has 2 aromatic carbocycles. The second-order valence-corrected chi connectivity index (χ2v) is 7.03. The Morgan fingerprint density at radius 2 is 2.04 bits per heavy atom.